The molecule has 0 radical (unpaired) electrons. The van der Waals surface area contributed by atoms with Gasteiger partial charge in [-0.2, -0.15) is 0 Å². The van der Waals surface area contributed by atoms with Crippen LogP contribution >= 0.6 is 0 Å². The third kappa shape index (κ3) is 6.06. The van der Waals surface area contributed by atoms with Crippen molar-refractivity contribution >= 4 is 11.9 Å². The highest BCUT2D eigenvalue weighted by Crippen LogP contribution is 2.21. The zero-order chi connectivity index (χ0) is 17.4. The lowest BCUT2D eigenvalue weighted by atomic mass is 9.93. The molecule has 0 spiro atoms. The fourth-order valence-corrected chi connectivity index (χ4v) is 3.83. The topological polar surface area (TPSA) is 73.5 Å². The fraction of sp³-hybridized carbons (Fsp3) is 0.889. The van der Waals surface area contributed by atoms with Gasteiger partial charge < -0.3 is 10.6 Å². The predicted molar refractivity (Wildman–Crippen MR) is 95.9 cm³/mol. The van der Waals surface area contributed by atoms with Crippen LogP contribution in [0.2, 0.25) is 0 Å². The number of nitrogens with one attached hydrogen (secondary N) is 3. The Kier molecular flexibility index (Phi) is 7.99. The Bertz CT molecular complexity index is 402. The Morgan fingerprint density at radius 2 is 1.75 bits per heavy atom. The second-order valence-electron chi connectivity index (χ2n) is 7.35. The molecule has 1 aliphatic carbocycles. The molecule has 24 heavy (non-hydrogen) atoms. The van der Waals surface area contributed by atoms with E-state index in [1.807, 2.05) is 14.0 Å². The molecule has 1 saturated carbocycles. The van der Waals surface area contributed by atoms with Crippen LogP contribution in [0.4, 0.5) is 4.79 Å². The van der Waals surface area contributed by atoms with Crippen LogP contribution < -0.4 is 16.0 Å². The van der Waals surface area contributed by atoms with Gasteiger partial charge in [-0.25, -0.2) is 4.79 Å². The normalized spacial score (nSPS) is 22.1. The van der Waals surface area contributed by atoms with Crippen molar-refractivity contribution in [2.75, 3.05) is 26.7 Å². The first-order chi connectivity index (χ1) is 11.6. The predicted octanol–water partition coefficient (Wildman–Crippen LogP) is 1.85. The van der Waals surface area contributed by atoms with Crippen LogP contribution in [0.1, 0.15) is 58.3 Å². The summed E-state index contributed by atoms with van der Waals surface area (Å²) in [5.74, 6) is 0.565. The zero-order valence-electron chi connectivity index (χ0n) is 15.3. The number of hydrogen-bond acceptors (Lipinski definition) is 4. The van der Waals surface area contributed by atoms with Crippen LogP contribution in [0, 0.1) is 5.92 Å². The van der Waals surface area contributed by atoms with E-state index in [-0.39, 0.29) is 24.0 Å². The van der Waals surface area contributed by atoms with Gasteiger partial charge in [0.2, 0.25) is 5.91 Å². The van der Waals surface area contributed by atoms with Crippen molar-refractivity contribution in [2.45, 2.75) is 70.4 Å². The molecule has 1 unspecified atom stereocenters. The number of rotatable bonds is 6. The van der Waals surface area contributed by atoms with Crippen LogP contribution in [0.5, 0.6) is 0 Å². The summed E-state index contributed by atoms with van der Waals surface area (Å²) in [4.78, 5) is 26.5. The van der Waals surface area contributed by atoms with Gasteiger partial charge in [-0.05, 0) is 71.6 Å². The molecular weight excluding hydrogens is 304 g/mol. The maximum atomic E-state index is 12.3. The van der Waals surface area contributed by atoms with E-state index in [0.717, 1.165) is 64.1 Å². The van der Waals surface area contributed by atoms with E-state index in [1.54, 1.807) is 0 Å². The first-order valence-electron chi connectivity index (χ1n) is 9.60. The van der Waals surface area contributed by atoms with Crippen LogP contribution in [-0.4, -0.2) is 55.6 Å². The molecule has 0 aromatic carbocycles. The number of imide groups is 1. The average Bonchev–Trinajstić information content (AvgIpc) is 2.60. The number of urea groups is 1. The largest absolute Gasteiger partial charge is 0.335 e. The third-order valence-corrected chi connectivity index (χ3v) is 5.56. The summed E-state index contributed by atoms with van der Waals surface area (Å²) in [6, 6.07) is -0.347. The molecule has 6 nitrogen and oxygen atoms in total. The minimum atomic E-state index is -0.331. The minimum Gasteiger partial charge on any atom is -0.335 e. The van der Waals surface area contributed by atoms with Crippen molar-refractivity contribution in [3.63, 3.8) is 0 Å². The van der Waals surface area contributed by atoms with Gasteiger partial charge in [0.1, 0.15) is 0 Å². The monoisotopic (exact) mass is 338 g/mol. The summed E-state index contributed by atoms with van der Waals surface area (Å²) in [5.41, 5.74) is 0. The highest BCUT2D eigenvalue weighted by atomic mass is 16.2. The Morgan fingerprint density at radius 1 is 1.08 bits per heavy atom. The summed E-state index contributed by atoms with van der Waals surface area (Å²) in [7, 11) is 1.99. The van der Waals surface area contributed by atoms with Crippen LogP contribution in [0.3, 0.4) is 0 Å². The Balaban J connectivity index is 1.69. The molecule has 2 rings (SSSR count). The number of hydrogen-bond donors (Lipinski definition) is 3. The average molecular weight is 338 g/mol. The summed E-state index contributed by atoms with van der Waals surface area (Å²) < 4.78 is 0. The molecule has 0 aromatic heterocycles. The van der Waals surface area contributed by atoms with Gasteiger partial charge in [0.05, 0.1) is 6.04 Å². The van der Waals surface area contributed by atoms with E-state index in [4.69, 9.17) is 0 Å². The lowest BCUT2D eigenvalue weighted by Crippen LogP contribution is -2.53. The van der Waals surface area contributed by atoms with Crippen molar-refractivity contribution < 1.29 is 9.59 Å². The molecule has 1 aliphatic heterocycles. The lowest BCUT2D eigenvalue weighted by Gasteiger charge is -2.35. The minimum absolute atomic E-state index is 0.183. The van der Waals surface area contributed by atoms with Gasteiger partial charge >= 0.3 is 6.03 Å². The van der Waals surface area contributed by atoms with Gasteiger partial charge in [-0.1, -0.05) is 19.3 Å². The first kappa shape index (κ1) is 19.2. The smallest absolute Gasteiger partial charge is 0.321 e. The van der Waals surface area contributed by atoms with Crippen molar-refractivity contribution in [3.05, 3.63) is 0 Å². The van der Waals surface area contributed by atoms with E-state index in [1.165, 1.54) is 12.8 Å². The molecule has 1 saturated heterocycles. The quantitative estimate of drug-likeness (QED) is 0.691. The Morgan fingerprint density at radius 3 is 2.38 bits per heavy atom. The third-order valence-electron chi connectivity index (χ3n) is 5.56. The number of nitrogens with zero attached hydrogens (tertiary/aromatic N) is 1. The Hall–Kier alpha value is -1.14. The standard InChI is InChI=1S/C18H34N4O2/c1-14(22-12-9-15(10-13-22)8-11-19-2)17(23)21-18(24)20-16-6-4-3-5-7-16/h14-16,19H,3-13H2,1-2H3,(H2,20,21,23,24). The van der Waals surface area contributed by atoms with Crippen LogP contribution in [0.15, 0.2) is 0 Å². The van der Waals surface area contributed by atoms with Crippen molar-refractivity contribution in [2.24, 2.45) is 5.92 Å². The number of likely N-dealkylation sites (tertiary alicyclic amines) is 1. The van der Waals surface area contributed by atoms with Gasteiger partial charge in [0, 0.05) is 6.04 Å². The van der Waals surface area contributed by atoms with Crippen molar-refractivity contribution in [3.8, 4) is 0 Å². The molecule has 0 bridgehead atoms. The molecule has 138 valence electrons. The molecule has 2 fully saturated rings. The van der Waals surface area contributed by atoms with Gasteiger partial charge in [-0.3, -0.25) is 15.0 Å². The molecule has 3 N–H and O–H groups in total. The maximum Gasteiger partial charge on any atom is 0.321 e. The van der Waals surface area contributed by atoms with Gasteiger partial charge in [-0.15, -0.1) is 0 Å². The number of carbonyl (C=O) groups excluding carboxylic acids is 2. The molecule has 2 aliphatic rings. The highest BCUT2D eigenvalue weighted by molar-refractivity contribution is 5.96. The van der Waals surface area contributed by atoms with E-state index in [2.05, 4.69) is 20.9 Å². The fourth-order valence-electron chi connectivity index (χ4n) is 3.83. The second-order valence-corrected chi connectivity index (χ2v) is 7.35. The number of piperidine rings is 1. The summed E-state index contributed by atoms with van der Waals surface area (Å²) >= 11 is 0. The number of amides is 3. The first-order valence-corrected chi connectivity index (χ1v) is 9.60. The summed E-state index contributed by atoms with van der Waals surface area (Å²) in [5, 5.41) is 8.67. The second kappa shape index (κ2) is 9.99. The van der Waals surface area contributed by atoms with Crippen LogP contribution in [-0.2, 0) is 4.79 Å². The van der Waals surface area contributed by atoms with E-state index >= 15 is 0 Å². The van der Waals surface area contributed by atoms with Crippen molar-refractivity contribution in [1.29, 1.82) is 0 Å². The molecular formula is C18H34N4O2. The summed E-state index contributed by atoms with van der Waals surface area (Å²) in [6.45, 7) is 4.83. The molecule has 1 heterocycles. The molecule has 3 amide bonds. The van der Waals surface area contributed by atoms with Crippen molar-refractivity contribution in [1.82, 2.24) is 20.9 Å². The molecule has 1 atom stereocenters. The van der Waals surface area contributed by atoms with Gasteiger partial charge in [0.25, 0.3) is 0 Å². The lowest BCUT2D eigenvalue weighted by molar-refractivity contribution is -0.125. The van der Waals surface area contributed by atoms with Crippen LogP contribution in [0.25, 0.3) is 0 Å². The zero-order valence-corrected chi connectivity index (χ0v) is 15.3. The SMILES string of the molecule is CNCCC1CCN(C(C)C(=O)NC(=O)NC2CCCCC2)CC1. The highest BCUT2D eigenvalue weighted by Gasteiger charge is 2.27. The van der Waals surface area contributed by atoms with E-state index in [9.17, 15) is 9.59 Å². The van der Waals surface area contributed by atoms with Gasteiger partial charge in [0.15, 0.2) is 0 Å². The van der Waals surface area contributed by atoms with E-state index < -0.39 is 0 Å². The molecule has 0 aromatic rings. The number of carbonyl (C=O) groups is 2. The summed E-state index contributed by atoms with van der Waals surface area (Å²) in [6.07, 6.45) is 9.10. The Labute approximate surface area is 146 Å². The van der Waals surface area contributed by atoms with E-state index in [0.29, 0.717) is 0 Å². The maximum absolute atomic E-state index is 12.3. The molecule has 6 heteroatoms.